The van der Waals surface area contributed by atoms with E-state index >= 15 is 0 Å². The summed E-state index contributed by atoms with van der Waals surface area (Å²) in [4.78, 5) is 0. The number of hydrogen-bond acceptors (Lipinski definition) is 3. The van der Waals surface area contributed by atoms with Gasteiger partial charge in [0, 0.05) is 33.2 Å². The van der Waals surface area contributed by atoms with Gasteiger partial charge in [-0.15, -0.1) is 0 Å². The van der Waals surface area contributed by atoms with Crippen LogP contribution in [0.1, 0.15) is 24.8 Å². The van der Waals surface area contributed by atoms with Crippen LogP contribution in [-0.4, -0.2) is 39.0 Å². The van der Waals surface area contributed by atoms with Gasteiger partial charge in [0.1, 0.15) is 5.60 Å². The largest absolute Gasteiger partial charge is 0.378 e. The van der Waals surface area contributed by atoms with Crippen LogP contribution in [0.5, 0.6) is 0 Å². The summed E-state index contributed by atoms with van der Waals surface area (Å²) in [5.74, 6) is 0.516. The van der Waals surface area contributed by atoms with Crippen molar-refractivity contribution in [2.24, 2.45) is 0 Å². The van der Waals surface area contributed by atoms with E-state index in [0.717, 1.165) is 26.1 Å². The Balaban J connectivity index is 1.78. The van der Waals surface area contributed by atoms with Gasteiger partial charge in [-0.2, -0.15) is 0 Å². The third-order valence-corrected chi connectivity index (χ3v) is 3.77. The van der Waals surface area contributed by atoms with E-state index in [0.29, 0.717) is 12.5 Å². The van der Waals surface area contributed by atoms with Crippen molar-refractivity contribution in [2.45, 2.75) is 24.9 Å². The molecule has 100 valence electrons. The van der Waals surface area contributed by atoms with Gasteiger partial charge in [-0.3, -0.25) is 0 Å². The van der Waals surface area contributed by atoms with Crippen molar-refractivity contribution in [1.29, 1.82) is 0 Å². The third kappa shape index (κ3) is 3.31. The molecule has 2 unspecified atom stereocenters. The molecular weight excluding hydrogens is 226 g/mol. The Hall–Kier alpha value is -0.900. The van der Waals surface area contributed by atoms with Crippen molar-refractivity contribution in [2.75, 3.05) is 33.4 Å². The van der Waals surface area contributed by atoms with E-state index in [4.69, 9.17) is 9.47 Å². The molecule has 1 aromatic carbocycles. The average Bonchev–Trinajstić information content (AvgIpc) is 2.89. The van der Waals surface area contributed by atoms with Gasteiger partial charge in [0.15, 0.2) is 0 Å². The number of benzene rings is 1. The lowest BCUT2D eigenvalue weighted by molar-refractivity contribution is -0.0157. The summed E-state index contributed by atoms with van der Waals surface area (Å²) < 4.78 is 11.0. The number of rotatable bonds is 6. The van der Waals surface area contributed by atoms with Crippen molar-refractivity contribution in [3.05, 3.63) is 35.9 Å². The average molecular weight is 249 g/mol. The Labute approximate surface area is 109 Å². The highest BCUT2D eigenvalue weighted by Gasteiger charge is 2.34. The van der Waals surface area contributed by atoms with Crippen LogP contribution >= 0.6 is 0 Å². The summed E-state index contributed by atoms with van der Waals surface area (Å²) in [7, 11) is 1.77. The zero-order valence-corrected chi connectivity index (χ0v) is 11.3. The first kappa shape index (κ1) is 13.5. The highest BCUT2D eigenvalue weighted by Crippen LogP contribution is 2.22. The Morgan fingerprint density at radius 3 is 2.78 bits per heavy atom. The third-order valence-electron chi connectivity index (χ3n) is 3.77. The van der Waals surface area contributed by atoms with Crippen LogP contribution in [0.25, 0.3) is 0 Å². The summed E-state index contributed by atoms with van der Waals surface area (Å²) in [5.41, 5.74) is 1.26. The minimum Gasteiger partial charge on any atom is -0.378 e. The van der Waals surface area contributed by atoms with Gasteiger partial charge < -0.3 is 14.8 Å². The zero-order valence-electron chi connectivity index (χ0n) is 11.3. The van der Waals surface area contributed by atoms with Gasteiger partial charge in [0.25, 0.3) is 0 Å². The summed E-state index contributed by atoms with van der Waals surface area (Å²) in [6, 6.07) is 10.6. The highest BCUT2D eigenvalue weighted by molar-refractivity contribution is 5.18. The van der Waals surface area contributed by atoms with Gasteiger partial charge in [0.2, 0.25) is 0 Å². The molecule has 1 heterocycles. The van der Waals surface area contributed by atoms with E-state index in [1.807, 2.05) is 0 Å². The Morgan fingerprint density at radius 1 is 1.39 bits per heavy atom. The molecule has 1 aliphatic heterocycles. The zero-order chi connectivity index (χ0) is 12.8. The molecule has 2 rings (SSSR count). The van der Waals surface area contributed by atoms with Gasteiger partial charge in [-0.05, 0) is 11.5 Å². The molecule has 3 nitrogen and oxygen atoms in total. The molecule has 2 atom stereocenters. The number of methoxy groups -OCH3 is 1. The van der Waals surface area contributed by atoms with Gasteiger partial charge in [-0.25, -0.2) is 0 Å². The van der Waals surface area contributed by atoms with Crippen molar-refractivity contribution < 1.29 is 9.47 Å². The van der Waals surface area contributed by atoms with E-state index in [-0.39, 0.29) is 5.60 Å². The van der Waals surface area contributed by atoms with Crippen molar-refractivity contribution in [3.8, 4) is 0 Å². The van der Waals surface area contributed by atoms with E-state index in [1.54, 1.807) is 7.11 Å². The number of ether oxygens (including phenoxy) is 2. The van der Waals surface area contributed by atoms with Gasteiger partial charge >= 0.3 is 0 Å². The topological polar surface area (TPSA) is 30.5 Å². The molecule has 0 aliphatic carbocycles. The first-order valence-corrected chi connectivity index (χ1v) is 6.64. The maximum atomic E-state index is 5.60. The normalized spacial score (nSPS) is 25.2. The Kier molecular flexibility index (Phi) is 4.75. The maximum Gasteiger partial charge on any atom is 0.106 e. The molecule has 18 heavy (non-hydrogen) atoms. The molecule has 1 saturated heterocycles. The lowest BCUT2D eigenvalue weighted by Crippen LogP contribution is -2.43. The van der Waals surface area contributed by atoms with Crippen LogP contribution in [0.2, 0.25) is 0 Å². The quantitative estimate of drug-likeness (QED) is 0.838. The van der Waals surface area contributed by atoms with E-state index < -0.39 is 0 Å². The first-order valence-electron chi connectivity index (χ1n) is 6.64. The molecule has 0 saturated carbocycles. The van der Waals surface area contributed by atoms with Crippen LogP contribution in [-0.2, 0) is 9.47 Å². The van der Waals surface area contributed by atoms with Crippen molar-refractivity contribution in [3.63, 3.8) is 0 Å². The first-order chi connectivity index (χ1) is 8.76. The molecular formula is C15H23NO2. The Bertz CT molecular complexity index is 347. The Morgan fingerprint density at radius 2 is 2.17 bits per heavy atom. The van der Waals surface area contributed by atoms with E-state index in [2.05, 4.69) is 42.6 Å². The molecule has 1 fully saturated rings. The summed E-state index contributed by atoms with van der Waals surface area (Å²) in [6.45, 7) is 5.59. The smallest absolute Gasteiger partial charge is 0.106 e. The molecule has 0 spiro atoms. The molecule has 0 amide bonds. The van der Waals surface area contributed by atoms with E-state index in [1.165, 1.54) is 5.56 Å². The molecule has 3 heteroatoms. The van der Waals surface area contributed by atoms with Crippen LogP contribution in [0, 0.1) is 0 Å². The standard InChI is InChI=1S/C15H23NO2/c1-13(14-6-4-3-5-7-14)10-16-11-15(17-2)8-9-18-12-15/h3-7,13,16H,8-12H2,1-2H3. The summed E-state index contributed by atoms with van der Waals surface area (Å²) >= 11 is 0. The number of nitrogens with one attached hydrogen (secondary N) is 1. The number of hydrogen-bond donors (Lipinski definition) is 1. The minimum absolute atomic E-state index is 0.115. The second-order valence-electron chi connectivity index (χ2n) is 5.13. The maximum absolute atomic E-state index is 5.60. The molecule has 0 aromatic heterocycles. The summed E-state index contributed by atoms with van der Waals surface area (Å²) in [5, 5.41) is 3.51. The molecule has 1 N–H and O–H groups in total. The highest BCUT2D eigenvalue weighted by atomic mass is 16.5. The van der Waals surface area contributed by atoms with E-state index in [9.17, 15) is 0 Å². The molecule has 1 aliphatic rings. The predicted molar refractivity (Wildman–Crippen MR) is 72.9 cm³/mol. The molecule has 0 radical (unpaired) electrons. The van der Waals surface area contributed by atoms with Crippen molar-refractivity contribution >= 4 is 0 Å². The second kappa shape index (κ2) is 6.32. The predicted octanol–water partition coefficient (Wildman–Crippen LogP) is 2.19. The lowest BCUT2D eigenvalue weighted by atomic mass is 10.00. The van der Waals surface area contributed by atoms with Crippen LogP contribution in [0.3, 0.4) is 0 Å². The SMILES string of the molecule is COC1(CNCC(C)c2ccccc2)CCOC1. The van der Waals surface area contributed by atoms with Crippen LogP contribution < -0.4 is 5.32 Å². The fraction of sp³-hybridized carbons (Fsp3) is 0.600. The lowest BCUT2D eigenvalue weighted by Gasteiger charge is -2.27. The van der Waals surface area contributed by atoms with Gasteiger partial charge in [-0.1, -0.05) is 37.3 Å². The van der Waals surface area contributed by atoms with Crippen LogP contribution in [0.4, 0.5) is 0 Å². The second-order valence-corrected chi connectivity index (χ2v) is 5.13. The fourth-order valence-corrected chi connectivity index (χ4v) is 2.38. The monoisotopic (exact) mass is 249 g/mol. The van der Waals surface area contributed by atoms with Gasteiger partial charge in [0.05, 0.1) is 6.61 Å². The molecule has 0 bridgehead atoms. The fourth-order valence-electron chi connectivity index (χ4n) is 2.38. The summed E-state index contributed by atoms with van der Waals surface area (Å²) in [6.07, 6.45) is 0.982. The van der Waals surface area contributed by atoms with Crippen LogP contribution in [0.15, 0.2) is 30.3 Å². The van der Waals surface area contributed by atoms with Crippen molar-refractivity contribution in [1.82, 2.24) is 5.32 Å². The molecule has 1 aromatic rings. The minimum atomic E-state index is -0.115.